The first-order valence-corrected chi connectivity index (χ1v) is 8.55. The second-order valence-electron chi connectivity index (χ2n) is 5.59. The molecule has 3 rings (SSSR count). The minimum Gasteiger partial charge on any atom is -0.271 e. The number of amides is 1. The summed E-state index contributed by atoms with van der Waals surface area (Å²) in [7, 11) is 0. The Balaban J connectivity index is 1.54. The maximum Gasteiger partial charge on any atom is 0.284 e. The lowest BCUT2D eigenvalue weighted by Gasteiger charge is -2.43. The Morgan fingerprint density at radius 3 is 2.56 bits per heavy atom. The predicted molar refractivity (Wildman–Crippen MR) is 93.4 cm³/mol. The van der Waals surface area contributed by atoms with Crippen LogP contribution in [0.25, 0.3) is 0 Å². The number of nitro groups is 1. The lowest BCUT2D eigenvalue weighted by atomic mass is 10.0. The highest BCUT2D eigenvalue weighted by molar-refractivity contribution is 7.97. The van der Waals surface area contributed by atoms with Crippen LogP contribution in [-0.4, -0.2) is 28.0 Å². The normalized spacial score (nSPS) is 19.6. The Kier molecular flexibility index (Phi) is 5.32. The monoisotopic (exact) mass is 359 g/mol. The van der Waals surface area contributed by atoms with Crippen LogP contribution in [0.3, 0.4) is 0 Å². The number of nitro benzene ring substituents is 1. The molecular formula is C17H17N3O4S. The molecule has 0 aromatic heterocycles. The molecule has 2 atom stereocenters. The molecule has 2 aromatic carbocycles. The van der Waals surface area contributed by atoms with Crippen LogP contribution >= 0.6 is 11.9 Å². The number of carbonyl (C=O) groups excluding carboxylic acids is 1. The van der Waals surface area contributed by atoms with Crippen LogP contribution in [0.15, 0.2) is 59.5 Å². The van der Waals surface area contributed by atoms with E-state index in [2.05, 4.69) is 4.72 Å². The van der Waals surface area contributed by atoms with Crippen molar-refractivity contribution in [3.63, 3.8) is 0 Å². The molecule has 130 valence electrons. The third-order valence-electron chi connectivity index (χ3n) is 3.91. The number of β-lactam (4-membered cyclic amide) rings is 1. The Morgan fingerprint density at radius 2 is 1.88 bits per heavy atom. The number of benzene rings is 2. The van der Waals surface area contributed by atoms with Crippen LogP contribution in [0, 0.1) is 10.1 Å². The Labute approximate surface area is 149 Å². The topological polar surface area (TPSA) is 84.7 Å². The SMILES string of the molecule is C[C@H]1[C@H](NSc2ccccc2[N+](=O)[O-])C(=O)N1OCc1ccccc1. The highest BCUT2D eigenvalue weighted by Gasteiger charge is 2.46. The van der Waals surface area contributed by atoms with Gasteiger partial charge in [-0.25, -0.2) is 9.79 Å². The molecule has 1 N–H and O–H groups in total. The predicted octanol–water partition coefficient (Wildman–Crippen LogP) is 2.92. The van der Waals surface area contributed by atoms with Crippen LogP contribution < -0.4 is 4.72 Å². The van der Waals surface area contributed by atoms with Gasteiger partial charge in [0.2, 0.25) is 0 Å². The summed E-state index contributed by atoms with van der Waals surface area (Å²) in [6.07, 6.45) is 0. The van der Waals surface area contributed by atoms with Crippen molar-refractivity contribution in [1.82, 2.24) is 9.79 Å². The molecule has 1 aliphatic rings. The second-order valence-corrected chi connectivity index (χ2v) is 6.47. The molecule has 1 aliphatic heterocycles. The third kappa shape index (κ3) is 3.81. The van der Waals surface area contributed by atoms with Gasteiger partial charge in [-0.15, -0.1) is 0 Å². The van der Waals surface area contributed by atoms with E-state index in [-0.39, 0.29) is 17.6 Å². The van der Waals surface area contributed by atoms with Gasteiger partial charge in [0.1, 0.15) is 17.5 Å². The summed E-state index contributed by atoms with van der Waals surface area (Å²) >= 11 is 1.09. The van der Waals surface area contributed by atoms with Gasteiger partial charge >= 0.3 is 0 Å². The average Bonchev–Trinajstić information content (AvgIpc) is 2.63. The fourth-order valence-electron chi connectivity index (χ4n) is 2.47. The van der Waals surface area contributed by atoms with Crippen molar-refractivity contribution >= 4 is 23.5 Å². The molecule has 25 heavy (non-hydrogen) atoms. The molecule has 1 heterocycles. The second kappa shape index (κ2) is 7.64. The van der Waals surface area contributed by atoms with E-state index in [0.717, 1.165) is 17.5 Å². The van der Waals surface area contributed by atoms with Gasteiger partial charge in [-0.1, -0.05) is 42.5 Å². The van der Waals surface area contributed by atoms with Crippen molar-refractivity contribution < 1.29 is 14.6 Å². The molecular weight excluding hydrogens is 342 g/mol. The molecule has 0 radical (unpaired) electrons. The first-order valence-electron chi connectivity index (χ1n) is 7.73. The molecule has 0 unspecified atom stereocenters. The summed E-state index contributed by atoms with van der Waals surface area (Å²) in [5.41, 5.74) is 0.991. The van der Waals surface area contributed by atoms with Crippen LogP contribution in [0.1, 0.15) is 12.5 Å². The highest BCUT2D eigenvalue weighted by atomic mass is 32.2. The van der Waals surface area contributed by atoms with Crippen LogP contribution in [-0.2, 0) is 16.2 Å². The van der Waals surface area contributed by atoms with E-state index in [1.165, 1.54) is 11.1 Å². The van der Waals surface area contributed by atoms with Crippen molar-refractivity contribution in [3.8, 4) is 0 Å². The fraction of sp³-hybridized carbons (Fsp3) is 0.235. The van der Waals surface area contributed by atoms with Gasteiger partial charge in [0.15, 0.2) is 0 Å². The molecule has 1 amide bonds. The van der Waals surface area contributed by atoms with Crippen molar-refractivity contribution in [2.75, 3.05) is 0 Å². The number of para-hydroxylation sites is 1. The summed E-state index contributed by atoms with van der Waals surface area (Å²) < 4.78 is 3.00. The lowest BCUT2D eigenvalue weighted by molar-refractivity contribution is -0.387. The number of nitrogens with one attached hydrogen (secondary N) is 1. The van der Waals surface area contributed by atoms with E-state index in [1.807, 2.05) is 37.3 Å². The van der Waals surface area contributed by atoms with E-state index in [4.69, 9.17) is 4.84 Å². The number of nitrogens with zero attached hydrogens (tertiary/aromatic N) is 2. The molecule has 0 aliphatic carbocycles. The largest absolute Gasteiger partial charge is 0.284 e. The molecule has 8 heteroatoms. The number of carbonyl (C=O) groups is 1. The van der Waals surface area contributed by atoms with Crippen molar-refractivity contribution in [3.05, 3.63) is 70.3 Å². The van der Waals surface area contributed by atoms with Gasteiger partial charge in [0, 0.05) is 6.07 Å². The zero-order valence-electron chi connectivity index (χ0n) is 13.5. The lowest BCUT2D eigenvalue weighted by Crippen LogP contribution is -2.67. The van der Waals surface area contributed by atoms with Gasteiger partial charge < -0.3 is 0 Å². The van der Waals surface area contributed by atoms with Gasteiger partial charge in [-0.2, -0.15) is 0 Å². The van der Waals surface area contributed by atoms with Gasteiger partial charge in [0.05, 0.1) is 11.0 Å². The first-order chi connectivity index (χ1) is 12.1. The van der Waals surface area contributed by atoms with Crippen molar-refractivity contribution in [2.45, 2.75) is 30.5 Å². The van der Waals surface area contributed by atoms with Gasteiger partial charge in [-0.05, 0) is 30.5 Å². The van der Waals surface area contributed by atoms with Gasteiger partial charge in [0.25, 0.3) is 11.6 Å². The Morgan fingerprint density at radius 1 is 1.20 bits per heavy atom. The van der Waals surface area contributed by atoms with E-state index >= 15 is 0 Å². The van der Waals surface area contributed by atoms with Gasteiger partial charge in [-0.3, -0.25) is 19.7 Å². The van der Waals surface area contributed by atoms with Crippen LogP contribution in [0.4, 0.5) is 5.69 Å². The minimum atomic E-state index is -0.444. The minimum absolute atomic E-state index is 0.0107. The molecule has 0 spiro atoms. The first kappa shape index (κ1) is 17.4. The third-order valence-corrected chi connectivity index (χ3v) is 4.84. The molecule has 1 saturated heterocycles. The zero-order valence-corrected chi connectivity index (χ0v) is 14.3. The summed E-state index contributed by atoms with van der Waals surface area (Å²) in [5.74, 6) is -0.186. The van der Waals surface area contributed by atoms with E-state index in [1.54, 1.807) is 18.2 Å². The maximum atomic E-state index is 12.2. The summed E-state index contributed by atoms with van der Waals surface area (Å²) in [5, 5.41) is 12.4. The smallest absolute Gasteiger partial charge is 0.271 e. The number of hydrogen-bond acceptors (Lipinski definition) is 6. The number of hydroxylamine groups is 2. The summed E-state index contributed by atoms with van der Waals surface area (Å²) in [4.78, 5) is 28.8. The summed E-state index contributed by atoms with van der Waals surface area (Å²) in [6, 6.07) is 15.4. The highest BCUT2D eigenvalue weighted by Crippen LogP contribution is 2.30. The maximum absolute atomic E-state index is 12.2. The molecule has 1 fully saturated rings. The van der Waals surface area contributed by atoms with E-state index in [9.17, 15) is 14.9 Å². The quantitative estimate of drug-likeness (QED) is 0.354. The van der Waals surface area contributed by atoms with E-state index < -0.39 is 11.0 Å². The fourth-order valence-corrected chi connectivity index (χ4v) is 3.41. The van der Waals surface area contributed by atoms with Crippen LogP contribution in [0.5, 0.6) is 0 Å². The number of hydrogen-bond donors (Lipinski definition) is 1. The van der Waals surface area contributed by atoms with Crippen molar-refractivity contribution in [1.29, 1.82) is 0 Å². The Hall–Kier alpha value is -2.42. The average molecular weight is 359 g/mol. The molecule has 2 aromatic rings. The van der Waals surface area contributed by atoms with Crippen molar-refractivity contribution in [2.24, 2.45) is 0 Å². The summed E-state index contributed by atoms with van der Waals surface area (Å²) in [6.45, 7) is 2.19. The molecule has 7 nitrogen and oxygen atoms in total. The molecule has 0 saturated carbocycles. The van der Waals surface area contributed by atoms with Crippen LogP contribution in [0.2, 0.25) is 0 Å². The van der Waals surface area contributed by atoms with E-state index in [0.29, 0.717) is 11.5 Å². The molecule has 0 bridgehead atoms. The standard InChI is InChI=1S/C17H17N3O4S/c1-12-16(18-25-15-10-6-5-9-14(15)20(22)23)17(21)19(12)24-11-13-7-3-2-4-8-13/h2-10,12,16,18H,11H2,1H3/t12-,16-/m0/s1. The zero-order chi connectivity index (χ0) is 17.8. The Bertz CT molecular complexity index is 771. The number of rotatable bonds is 7.